The number of nitrogens with one attached hydrogen (secondary N) is 1. The summed E-state index contributed by atoms with van der Waals surface area (Å²) in [7, 11) is 0. The Hall–Kier alpha value is -2.15. The van der Waals surface area contributed by atoms with Crippen LogP contribution in [0.15, 0.2) is 40.9 Å². The van der Waals surface area contributed by atoms with Gasteiger partial charge in [0.15, 0.2) is 0 Å². The second kappa shape index (κ2) is 5.57. The molecule has 0 spiro atoms. The molecule has 0 aliphatic carbocycles. The Morgan fingerprint density at radius 2 is 2.18 bits per heavy atom. The fraction of sp³-hybridized carbons (Fsp3) is 0.200. The molecular formula is C15H13BrFN3O2. The van der Waals surface area contributed by atoms with Gasteiger partial charge in [0.1, 0.15) is 11.5 Å². The van der Waals surface area contributed by atoms with Crippen LogP contribution in [-0.2, 0) is 6.54 Å². The predicted molar refractivity (Wildman–Crippen MR) is 86.5 cm³/mol. The summed E-state index contributed by atoms with van der Waals surface area (Å²) >= 11 is 3.31. The molecule has 0 amide bonds. The minimum atomic E-state index is -0.408. The van der Waals surface area contributed by atoms with E-state index >= 15 is 0 Å². The summed E-state index contributed by atoms with van der Waals surface area (Å²) in [4.78, 5) is 12.8. The van der Waals surface area contributed by atoms with Gasteiger partial charge in [-0.2, -0.15) is 0 Å². The van der Waals surface area contributed by atoms with E-state index in [9.17, 15) is 14.5 Å². The molecule has 0 radical (unpaired) electrons. The Labute approximate surface area is 135 Å². The van der Waals surface area contributed by atoms with Gasteiger partial charge in [0.25, 0.3) is 5.69 Å². The number of nitrogens with zero attached hydrogens (tertiary/aromatic N) is 2. The monoisotopic (exact) mass is 365 g/mol. The summed E-state index contributed by atoms with van der Waals surface area (Å²) in [6.45, 7) is 2.38. The van der Waals surface area contributed by atoms with Crippen LogP contribution in [0.2, 0.25) is 0 Å². The summed E-state index contributed by atoms with van der Waals surface area (Å²) in [5.74, 6) is -0.294. The molecule has 0 aromatic heterocycles. The highest BCUT2D eigenvalue weighted by Gasteiger charge is 2.32. The molecule has 114 valence electrons. The van der Waals surface area contributed by atoms with Gasteiger partial charge in [0.05, 0.1) is 16.8 Å². The van der Waals surface area contributed by atoms with Gasteiger partial charge in [-0.3, -0.25) is 10.1 Å². The van der Waals surface area contributed by atoms with Gasteiger partial charge < -0.3 is 10.2 Å². The van der Waals surface area contributed by atoms with Gasteiger partial charge >= 0.3 is 0 Å². The summed E-state index contributed by atoms with van der Waals surface area (Å²) < 4.78 is 14.0. The highest BCUT2D eigenvalue weighted by Crippen LogP contribution is 2.44. The number of benzene rings is 2. The first kappa shape index (κ1) is 14.8. The molecule has 3 rings (SSSR count). The molecule has 1 heterocycles. The highest BCUT2D eigenvalue weighted by molar-refractivity contribution is 9.10. The van der Waals surface area contributed by atoms with Crippen LogP contribution < -0.4 is 10.2 Å². The highest BCUT2D eigenvalue weighted by atomic mass is 79.9. The number of nitro benzene ring substituents is 1. The molecule has 1 N–H and O–H groups in total. The molecule has 1 aliphatic rings. The Morgan fingerprint density at radius 3 is 2.86 bits per heavy atom. The van der Waals surface area contributed by atoms with Crippen LogP contribution in [0, 0.1) is 15.9 Å². The second-order valence-electron chi connectivity index (χ2n) is 5.15. The van der Waals surface area contributed by atoms with E-state index < -0.39 is 4.92 Å². The van der Waals surface area contributed by atoms with Gasteiger partial charge in [0.2, 0.25) is 0 Å². The van der Waals surface area contributed by atoms with Gasteiger partial charge in [0, 0.05) is 17.1 Å². The van der Waals surface area contributed by atoms with Crippen LogP contribution in [0.3, 0.4) is 0 Å². The van der Waals surface area contributed by atoms with Crippen LogP contribution in [0.4, 0.5) is 21.5 Å². The van der Waals surface area contributed by atoms with Gasteiger partial charge in [-0.05, 0) is 30.7 Å². The topological polar surface area (TPSA) is 58.4 Å². The number of nitro groups is 1. The van der Waals surface area contributed by atoms with Crippen molar-refractivity contribution >= 4 is 33.0 Å². The van der Waals surface area contributed by atoms with Crippen molar-refractivity contribution in [1.82, 2.24) is 0 Å². The maximum Gasteiger partial charge on any atom is 0.295 e. The van der Waals surface area contributed by atoms with E-state index in [1.165, 1.54) is 18.2 Å². The first-order valence-corrected chi connectivity index (χ1v) is 7.50. The molecule has 0 fully saturated rings. The van der Waals surface area contributed by atoms with E-state index in [1.54, 1.807) is 6.07 Å². The maximum atomic E-state index is 13.3. The largest absolute Gasteiger partial charge is 0.358 e. The molecule has 2 aromatic rings. The maximum absolute atomic E-state index is 13.3. The molecule has 1 unspecified atom stereocenters. The molecule has 2 aromatic carbocycles. The standard InChI is InChI=1S/C15H13BrFN3O2/c1-9-18-15-13(6-11(16)7-14(15)20(21)22)19(9)8-10-3-2-4-12(17)5-10/h2-7,9,18H,8H2,1H3. The number of hydrogen-bond acceptors (Lipinski definition) is 4. The minimum absolute atomic E-state index is 0.0259. The lowest BCUT2D eigenvalue weighted by Gasteiger charge is -2.24. The molecule has 0 saturated heterocycles. The zero-order chi connectivity index (χ0) is 15.9. The first-order valence-electron chi connectivity index (χ1n) is 6.71. The van der Waals surface area contributed by atoms with E-state index in [-0.39, 0.29) is 17.7 Å². The van der Waals surface area contributed by atoms with Crippen molar-refractivity contribution in [3.63, 3.8) is 0 Å². The Balaban J connectivity index is 2.01. The van der Waals surface area contributed by atoms with Crippen LogP contribution in [0.1, 0.15) is 12.5 Å². The van der Waals surface area contributed by atoms with Gasteiger partial charge in [-0.25, -0.2) is 4.39 Å². The Kier molecular flexibility index (Phi) is 3.74. The van der Waals surface area contributed by atoms with E-state index in [0.29, 0.717) is 16.7 Å². The fourth-order valence-corrected chi connectivity index (χ4v) is 3.08. The lowest BCUT2D eigenvalue weighted by molar-refractivity contribution is -0.383. The molecule has 7 heteroatoms. The normalized spacial score (nSPS) is 16.3. The predicted octanol–water partition coefficient (Wildman–Crippen LogP) is 4.27. The quantitative estimate of drug-likeness (QED) is 0.651. The number of rotatable bonds is 3. The number of anilines is 2. The molecule has 0 saturated carbocycles. The SMILES string of the molecule is CC1Nc2c(cc(Br)cc2[N+](=O)[O-])N1Cc1cccc(F)c1. The molecule has 5 nitrogen and oxygen atoms in total. The summed E-state index contributed by atoms with van der Waals surface area (Å²) in [5, 5.41) is 14.3. The van der Waals surface area contributed by atoms with E-state index in [1.807, 2.05) is 24.0 Å². The van der Waals surface area contributed by atoms with E-state index in [0.717, 1.165) is 11.3 Å². The zero-order valence-electron chi connectivity index (χ0n) is 11.7. The average Bonchev–Trinajstić information content (AvgIpc) is 2.75. The first-order chi connectivity index (χ1) is 10.5. The fourth-order valence-electron chi connectivity index (χ4n) is 2.65. The smallest absolute Gasteiger partial charge is 0.295 e. The van der Waals surface area contributed by atoms with Crippen molar-refractivity contribution in [2.45, 2.75) is 19.6 Å². The summed E-state index contributed by atoms with van der Waals surface area (Å²) in [6.07, 6.45) is -0.119. The Morgan fingerprint density at radius 1 is 1.41 bits per heavy atom. The van der Waals surface area contributed by atoms with Crippen LogP contribution in [-0.4, -0.2) is 11.1 Å². The number of fused-ring (bicyclic) bond motifs is 1. The van der Waals surface area contributed by atoms with Crippen molar-refractivity contribution in [2.24, 2.45) is 0 Å². The van der Waals surface area contributed by atoms with Crippen molar-refractivity contribution < 1.29 is 9.31 Å². The lowest BCUT2D eigenvalue weighted by Crippen LogP contribution is -2.32. The summed E-state index contributed by atoms with van der Waals surface area (Å²) in [6, 6.07) is 9.66. The number of halogens is 2. The Bertz CT molecular complexity index is 754. The molecular weight excluding hydrogens is 353 g/mol. The minimum Gasteiger partial charge on any atom is -0.358 e. The van der Waals surface area contributed by atoms with Crippen molar-refractivity contribution in [3.05, 3.63) is 62.4 Å². The molecule has 22 heavy (non-hydrogen) atoms. The van der Waals surface area contributed by atoms with Crippen LogP contribution in [0.25, 0.3) is 0 Å². The third-order valence-electron chi connectivity index (χ3n) is 3.63. The van der Waals surface area contributed by atoms with Crippen molar-refractivity contribution in [1.29, 1.82) is 0 Å². The van der Waals surface area contributed by atoms with Crippen LogP contribution in [0.5, 0.6) is 0 Å². The van der Waals surface area contributed by atoms with E-state index in [4.69, 9.17) is 0 Å². The molecule has 1 aliphatic heterocycles. The zero-order valence-corrected chi connectivity index (χ0v) is 13.3. The molecule has 0 bridgehead atoms. The van der Waals surface area contributed by atoms with E-state index in [2.05, 4.69) is 21.2 Å². The van der Waals surface area contributed by atoms with Gasteiger partial charge in [-0.15, -0.1) is 0 Å². The van der Waals surface area contributed by atoms with Crippen molar-refractivity contribution in [3.8, 4) is 0 Å². The average molecular weight is 366 g/mol. The van der Waals surface area contributed by atoms with Crippen molar-refractivity contribution in [2.75, 3.05) is 10.2 Å². The third kappa shape index (κ3) is 2.64. The summed E-state index contributed by atoms with van der Waals surface area (Å²) in [5.41, 5.74) is 2.07. The number of hydrogen-bond donors (Lipinski definition) is 1. The van der Waals surface area contributed by atoms with Crippen LogP contribution >= 0.6 is 15.9 Å². The molecule has 1 atom stereocenters. The van der Waals surface area contributed by atoms with Gasteiger partial charge in [-0.1, -0.05) is 28.1 Å². The lowest BCUT2D eigenvalue weighted by atomic mass is 10.2. The second-order valence-corrected chi connectivity index (χ2v) is 6.07. The third-order valence-corrected chi connectivity index (χ3v) is 4.09.